The smallest absolute Gasteiger partial charge is 0.266 e. The van der Waals surface area contributed by atoms with Crippen molar-refractivity contribution < 1.29 is 14.7 Å². The van der Waals surface area contributed by atoms with Crippen molar-refractivity contribution in [3.8, 4) is 5.75 Å². The van der Waals surface area contributed by atoms with E-state index >= 15 is 0 Å². The lowest BCUT2D eigenvalue weighted by atomic mass is 10.2. The van der Waals surface area contributed by atoms with Crippen molar-refractivity contribution in [3.05, 3.63) is 61.4 Å². The zero-order chi connectivity index (χ0) is 20.4. The van der Waals surface area contributed by atoms with Crippen molar-refractivity contribution >= 4 is 83.7 Å². The highest BCUT2D eigenvalue weighted by Crippen LogP contribution is 2.37. The average molecular weight is 542 g/mol. The highest BCUT2D eigenvalue weighted by atomic mass is 79.9. The molecule has 1 aliphatic rings. The Morgan fingerprint density at radius 2 is 2.07 bits per heavy atom. The van der Waals surface area contributed by atoms with Crippen LogP contribution in [0.1, 0.15) is 11.1 Å². The molecule has 9 heteroatoms. The first kappa shape index (κ1) is 21.0. The molecule has 2 aromatic rings. The molecule has 0 radical (unpaired) electrons. The van der Waals surface area contributed by atoms with Crippen LogP contribution in [0.4, 0.5) is 5.69 Å². The number of benzene rings is 2. The van der Waals surface area contributed by atoms with Gasteiger partial charge in [-0.25, -0.2) is 0 Å². The summed E-state index contributed by atoms with van der Waals surface area (Å²) in [7, 11) is 0. The van der Waals surface area contributed by atoms with Gasteiger partial charge in [0.15, 0.2) is 0 Å². The number of anilines is 1. The summed E-state index contributed by atoms with van der Waals surface area (Å²) in [6.45, 7) is 1.75. The van der Waals surface area contributed by atoms with Crippen LogP contribution in [-0.4, -0.2) is 32.7 Å². The number of thioether (sulfide) groups is 1. The Bertz CT molecular complexity index is 1020. The van der Waals surface area contributed by atoms with Crippen LogP contribution in [0.2, 0.25) is 0 Å². The second-order valence-corrected chi connectivity index (χ2v) is 9.46. The number of phenols is 1. The summed E-state index contributed by atoms with van der Waals surface area (Å²) in [4.78, 5) is 26.6. The summed E-state index contributed by atoms with van der Waals surface area (Å²) in [6.07, 6.45) is 1.56. The summed E-state index contributed by atoms with van der Waals surface area (Å²) in [5, 5.41) is 13.0. The van der Waals surface area contributed by atoms with E-state index in [1.165, 1.54) is 4.90 Å². The molecule has 1 heterocycles. The van der Waals surface area contributed by atoms with Gasteiger partial charge in [0.1, 0.15) is 16.6 Å². The number of nitrogens with one attached hydrogen (secondary N) is 1. The number of nitrogens with zero attached hydrogens (tertiary/aromatic N) is 1. The minimum atomic E-state index is -0.370. The number of aryl methyl sites for hydroxylation is 1. The molecule has 1 fully saturated rings. The van der Waals surface area contributed by atoms with E-state index in [9.17, 15) is 14.7 Å². The number of phenolic OH excluding ortho intramolecular Hbond substituents is 1. The number of amides is 2. The van der Waals surface area contributed by atoms with Gasteiger partial charge in [-0.05, 0) is 58.8 Å². The molecule has 0 unspecified atom stereocenters. The second kappa shape index (κ2) is 8.77. The summed E-state index contributed by atoms with van der Waals surface area (Å²) in [6, 6.07) is 10.8. The van der Waals surface area contributed by atoms with E-state index in [0.29, 0.717) is 24.9 Å². The van der Waals surface area contributed by atoms with E-state index in [4.69, 9.17) is 12.2 Å². The van der Waals surface area contributed by atoms with Gasteiger partial charge < -0.3 is 10.4 Å². The molecule has 2 amide bonds. The highest BCUT2D eigenvalue weighted by molar-refractivity contribution is 9.11. The average Bonchev–Trinajstić information content (AvgIpc) is 2.86. The molecule has 0 bridgehead atoms. The van der Waals surface area contributed by atoms with Crippen LogP contribution in [0.5, 0.6) is 5.75 Å². The number of thiocarbonyl (C=S) groups is 1. The van der Waals surface area contributed by atoms with E-state index in [0.717, 1.165) is 21.8 Å². The first-order chi connectivity index (χ1) is 13.2. The first-order valence-electron chi connectivity index (χ1n) is 8.04. The Labute approximate surface area is 188 Å². The van der Waals surface area contributed by atoms with E-state index in [2.05, 4.69) is 37.2 Å². The Kier molecular flexibility index (Phi) is 6.59. The number of hydrogen-bond donors (Lipinski definition) is 2. The zero-order valence-electron chi connectivity index (χ0n) is 14.5. The van der Waals surface area contributed by atoms with E-state index in [1.807, 2.05) is 25.1 Å². The number of carbonyl (C=O) groups excluding carboxylic acids is 2. The maximum Gasteiger partial charge on any atom is 0.266 e. The van der Waals surface area contributed by atoms with Gasteiger partial charge in [0, 0.05) is 15.7 Å². The minimum absolute atomic E-state index is 0.0191. The fourth-order valence-corrected chi connectivity index (χ4v) is 5.04. The van der Waals surface area contributed by atoms with Gasteiger partial charge in [-0.1, -0.05) is 52.0 Å². The lowest BCUT2D eigenvalue weighted by Gasteiger charge is -2.14. The van der Waals surface area contributed by atoms with Crippen molar-refractivity contribution in [2.45, 2.75) is 6.92 Å². The first-order valence-corrected chi connectivity index (χ1v) is 10.9. The van der Waals surface area contributed by atoms with Gasteiger partial charge in [0.2, 0.25) is 5.91 Å². The standard InChI is InChI=1S/C19H14Br2N2O3S2/c1-10-3-2-4-13(5-10)22-16(24)9-23-18(26)15(28-19(23)27)7-11-6-12(20)8-14(21)17(11)25/h2-8,25H,9H2,1H3,(H,22,24)/b15-7-. The third-order valence-corrected chi connectivity index (χ3v) is 6.26. The van der Waals surface area contributed by atoms with Crippen LogP contribution < -0.4 is 5.32 Å². The highest BCUT2D eigenvalue weighted by Gasteiger charge is 2.33. The van der Waals surface area contributed by atoms with Gasteiger partial charge >= 0.3 is 0 Å². The topological polar surface area (TPSA) is 69.6 Å². The Morgan fingerprint density at radius 3 is 2.79 bits per heavy atom. The van der Waals surface area contributed by atoms with Crippen LogP contribution in [0.25, 0.3) is 6.08 Å². The molecule has 5 nitrogen and oxygen atoms in total. The van der Waals surface area contributed by atoms with Crippen LogP contribution in [0.15, 0.2) is 50.2 Å². The number of hydrogen-bond acceptors (Lipinski definition) is 5. The van der Waals surface area contributed by atoms with Crippen molar-refractivity contribution in [3.63, 3.8) is 0 Å². The molecule has 0 aliphatic carbocycles. The Morgan fingerprint density at radius 1 is 1.32 bits per heavy atom. The van der Waals surface area contributed by atoms with E-state index in [1.54, 1.807) is 24.3 Å². The molecule has 144 valence electrons. The van der Waals surface area contributed by atoms with Gasteiger partial charge in [-0.2, -0.15) is 0 Å². The Balaban J connectivity index is 1.76. The van der Waals surface area contributed by atoms with E-state index in [-0.39, 0.29) is 24.1 Å². The molecular formula is C19H14Br2N2O3S2. The fraction of sp³-hybridized carbons (Fsp3) is 0.105. The maximum absolute atomic E-state index is 12.7. The molecule has 2 aromatic carbocycles. The van der Waals surface area contributed by atoms with Gasteiger partial charge in [0.25, 0.3) is 5.91 Å². The molecular weight excluding hydrogens is 528 g/mol. The molecule has 28 heavy (non-hydrogen) atoms. The van der Waals surface area contributed by atoms with Crippen LogP contribution >= 0.6 is 55.8 Å². The fourth-order valence-electron chi connectivity index (χ4n) is 2.54. The number of carbonyl (C=O) groups is 2. The van der Waals surface area contributed by atoms with Gasteiger partial charge in [0.05, 0.1) is 9.38 Å². The summed E-state index contributed by atoms with van der Waals surface area (Å²) >= 11 is 13.0. The molecule has 2 N–H and O–H groups in total. The summed E-state index contributed by atoms with van der Waals surface area (Å²) in [5.74, 6) is -0.688. The zero-order valence-corrected chi connectivity index (χ0v) is 19.3. The van der Waals surface area contributed by atoms with Crippen molar-refractivity contribution in [1.82, 2.24) is 4.90 Å². The lowest BCUT2D eigenvalue weighted by molar-refractivity contribution is -0.126. The third kappa shape index (κ3) is 4.83. The van der Waals surface area contributed by atoms with Gasteiger partial charge in [-0.3, -0.25) is 14.5 Å². The molecule has 0 atom stereocenters. The quantitative estimate of drug-likeness (QED) is 0.418. The molecule has 0 spiro atoms. The molecule has 0 aromatic heterocycles. The van der Waals surface area contributed by atoms with Crippen molar-refractivity contribution in [1.29, 1.82) is 0 Å². The number of aromatic hydroxyl groups is 1. The third-order valence-electron chi connectivity index (χ3n) is 3.82. The SMILES string of the molecule is Cc1cccc(NC(=O)CN2C(=O)/C(=C/c3cc(Br)cc(Br)c3O)SC2=S)c1. The normalized spacial score (nSPS) is 15.4. The molecule has 1 aliphatic heterocycles. The van der Waals surface area contributed by atoms with Crippen LogP contribution in [-0.2, 0) is 9.59 Å². The second-order valence-electron chi connectivity index (χ2n) is 6.01. The van der Waals surface area contributed by atoms with Crippen LogP contribution in [0, 0.1) is 6.92 Å². The van der Waals surface area contributed by atoms with Crippen molar-refractivity contribution in [2.75, 3.05) is 11.9 Å². The molecule has 3 rings (SSSR count). The van der Waals surface area contributed by atoms with E-state index < -0.39 is 0 Å². The number of rotatable bonds is 4. The predicted octanol–water partition coefficient (Wildman–Crippen LogP) is 5.07. The summed E-state index contributed by atoms with van der Waals surface area (Å²) in [5.41, 5.74) is 2.15. The monoisotopic (exact) mass is 540 g/mol. The number of halogens is 2. The molecule has 0 saturated carbocycles. The maximum atomic E-state index is 12.7. The predicted molar refractivity (Wildman–Crippen MR) is 123 cm³/mol. The van der Waals surface area contributed by atoms with Gasteiger partial charge in [-0.15, -0.1) is 0 Å². The summed E-state index contributed by atoms with van der Waals surface area (Å²) < 4.78 is 1.54. The van der Waals surface area contributed by atoms with Crippen molar-refractivity contribution in [2.24, 2.45) is 0 Å². The Hall–Kier alpha value is -1.68. The largest absolute Gasteiger partial charge is 0.506 e. The lowest BCUT2D eigenvalue weighted by Crippen LogP contribution is -2.36. The molecule has 1 saturated heterocycles. The minimum Gasteiger partial charge on any atom is -0.506 e. The van der Waals surface area contributed by atoms with Crippen LogP contribution in [0.3, 0.4) is 0 Å².